The van der Waals surface area contributed by atoms with Crippen LogP contribution in [0.2, 0.25) is 5.02 Å². The molecular formula is C10H15ClN2O3S. The van der Waals surface area contributed by atoms with Crippen LogP contribution >= 0.6 is 11.6 Å². The van der Waals surface area contributed by atoms with Crippen molar-refractivity contribution in [3.05, 3.63) is 23.2 Å². The van der Waals surface area contributed by atoms with Crippen molar-refractivity contribution in [1.82, 2.24) is 4.72 Å². The summed E-state index contributed by atoms with van der Waals surface area (Å²) in [6.45, 7) is 0.712. The summed E-state index contributed by atoms with van der Waals surface area (Å²) in [5.41, 5.74) is 5.30. The minimum absolute atomic E-state index is 0.0320. The van der Waals surface area contributed by atoms with Gasteiger partial charge in [-0.25, -0.2) is 13.1 Å². The number of methoxy groups -OCH3 is 1. The molecule has 0 amide bonds. The van der Waals surface area contributed by atoms with Gasteiger partial charge in [-0.15, -0.1) is 0 Å². The highest BCUT2D eigenvalue weighted by atomic mass is 35.5. The van der Waals surface area contributed by atoms with Crippen LogP contribution in [0.5, 0.6) is 5.75 Å². The van der Waals surface area contributed by atoms with Crippen molar-refractivity contribution < 1.29 is 13.2 Å². The molecule has 0 spiro atoms. The molecule has 0 aliphatic carbocycles. The van der Waals surface area contributed by atoms with E-state index in [1.165, 1.54) is 19.2 Å². The zero-order valence-electron chi connectivity index (χ0n) is 9.44. The third kappa shape index (κ3) is 3.85. The summed E-state index contributed by atoms with van der Waals surface area (Å²) in [5, 5.41) is 0.338. The van der Waals surface area contributed by atoms with Crippen molar-refractivity contribution >= 4 is 21.6 Å². The van der Waals surface area contributed by atoms with Gasteiger partial charge in [-0.05, 0) is 31.2 Å². The predicted octanol–water partition coefficient (Wildman–Crippen LogP) is 0.976. The van der Waals surface area contributed by atoms with E-state index in [9.17, 15) is 8.42 Å². The van der Waals surface area contributed by atoms with Crippen LogP contribution in [0.4, 0.5) is 0 Å². The molecule has 1 aromatic rings. The fourth-order valence-electron chi connectivity index (χ4n) is 1.25. The number of rotatable bonds is 6. The Morgan fingerprint density at radius 1 is 1.47 bits per heavy atom. The molecule has 0 radical (unpaired) electrons. The molecule has 3 N–H and O–H groups in total. The van der Waals surface area contributed by atoms with Gasteiger partial charge in [-0.2, -0.15) is 0 Å². The molecule has 96 valence electrons. The Hall–Kier alpha value is -0.820. The Kier molecular flexibility index (Phi) is 5.20. The molecule has 7 heteroatoms. The molecule has 0 bridgehead atoms. The van der Waals surface area contributed by atoms with Crippen LogP contribution in [-0.2, 0) is 10.0 Å². The van der Waals surface area contributed by atoms with E-state index in [2.05, 4.69) is 4.72 Å². The van der Waals surface area contributed by atoms with E-state index < -0.39 is 10.0 Å². The largest absolute Gasteiger partial charge is 0.495 e. The number of hydrogen-bond donors (Lipinski definition) is 2. The minimum atomic E-state index is -3.61. The lowest BCUT2D eigenvalue weighted by molar-refractivity contribution is 0.402. The lowest BCUT2D eigenvalue weighted by atomic mass is 10.3. The maximum absolute atomic E-state index is 11.9. The Bertz CT molecular complexity index is 476. The van der Waals surface area contributed by atoms with Crippen LogP contribution in [0.1, 0.15) is 6.42 Å². The highest BCUT2D eigenvalue weighted by Gasteiger charge is 2.19. The summed E-state index contributed by atoms with van der Waals surface area (Å²) >= 11 is 5.77. The first-order valence-corrected chi connectivity index (χ1v) is 6.90. The Morgan fingerprint density at radius 2 is 2.18 bits per heavy atom. The van der Waals surface area contributed by atoms with Gasteiger partial charge in [0.1, 0.15) is 10.6 Å². The van der Waals surface area contributed by atoms with E-state index >= 15 is 0 Å². The van der Waals surface area contributed by atoms with E-state index in [4.69, 9.17) is 22.1 Å². The van der Waals surface area contributed by atoms with Gasteiger partial charge < -0.3 is 10.5 Å². The summed E-state index contributed by atoms with van der Waals surface area (Å²) in [6, 6.07) is 4.43. The first kappa shape index (κ1) is 14.2. The zero-order valence-corrected chi connectivity index (χ0v) is 11.0. The van der Waals surface area contributed by atoms with E-state index in [1.807, 2.05) is 0 Å². The van der Waals surface area contributed by atoms with Gasteiger partial charge in [-0.3, -0.25) is 0 Å². The van der Waals surface area contributed by atoms with Gasteiger partial charge in [0.15, 0.2) is 0 Å². The third-order valence-corrected chi connectivity index (χ3v) is 3.81. The highest BCUT2D eigenvalue weighted by molar-refractivity contribution is 7.89. The minimum Gasteiger partial charge on any atom is -0.495 e. The predicted molar refractivity (Wildman–Crippen MR) is 66.9 cm³/mol. The molecule has 0 saturated heterocycles. The lowest BCUT2D eigenvalue weighted by Crippen LogP contribution is -2.26. The fourth-order valence-corrected chi connectivity index (χ4v) is 2.75. The number of ether oxygens (including phenoxy) is 1. The second kappa shape index (κ2) is 6.20. The van der Waals surface area contributed by atoms with Crippen LogP contribution < -0.4 is 15.2 Å². The Balaban J connectivity index is 3.00. The summed E-state index contributed by atoms with van der Waals surface area (Å²) in [5.74, 6) is 0.259. The van der Waals surface area contributed by atoms with Gasteiger partial charge >= 0.3 is 0 Å². The second-order valence-electron chi connectivity index (χ2n) is 3.34. The highest BCUT2D eigenvalue weighted by Crippen LogP contribution is 2.26. The van der Waals surface area contributed by atoms with Crippen LogP contribution in [0.3, 0.4) is 0 Å². The van der Waals surface area contributed by atoms with E-state index in [0.29, 0.717) is 18.0 Å². The average molecular weight is 279 g/mol. The number of nitrogens with two attached hydrogens (primary N) is 1. The zero-order chi connectivity index (χ0) is 12.9. The molecule has 0 aromatic heterocycles. The molecule has 0 unspecified atom stereocenters. The first-order valence-electron chi connectivity index (χ1n) is 5.04. The molecule has 1 rings (SSSR count). The van der Waals surface area contributed by atoms with E-state index in [1.54, 1.807) is 6.07 Å². The maximum atomic E-state index is 11.9. The summed E-state index contributed by atoms with van der Waals surface area (Å²) < 4.78 is 31.3. The molecular weight excluding hydrogens is 264 g/mol. The summed E-state index contributed by atoms with van der Waals surface area (Å²) in [6.07, 6.45) is 0.572. The monoisotopic (exact) mass is 278 g/mol. The summed E-state index contributed by atoms with van der Waals surface area (Å²) in [7, 11) is -2.21. The molecule has 0 aliphatic rings. The molecule has 0 fully saturated rings. The average Bonchev–Trinajstić information content (AvgIpc) is 2.29. The van der Waals surface area contributed by atoms with Crippen molar-refractivity contribution in [2.75, 3.05) is 20.2 Å². The van der Waals surface area contributed by atoms with E-state index in [0.717, 1.165) is 0 Å². The van der Waals surface area contributed by atoms with Gasteiger partial charge in [0.05, 0.1) is 7.11 Å². The number of sulfonamides is 1. The molecule has 5 nitrogen and oxygen atoms in total. The van der Waals surface area contributed by atoms with Gasteiger partial charge in [0.25, 0.3) is 0 Å². The quantitative estimate of drug-likeness (QED) is 0.760. The maximum Gasteiger partial charge on any atom is 0.244 e. The van der Waals surface area contributed by atoms with Crippen molar-refractivity contribution in [3.8, 4) is 5.75 Å². The molecule has 0 aliphatic heterocycles. The number of hydrogen-bond acceptors (Lipinski definition) is 4. The SMILES string of the molecule is COc1ccc(Cl)cc1S(=O)(=O)NCCCN. The van der Waals surface area contributed by atoms with Crippen LogP contribution in [-0.4, -0.2) is 28.6 Å². The third-order valence-electron chi connectivity index (χ3n) is 2.09. The van der Waals surface area contributed by atoms with Gasteiger partial charge in [0.2, 0.25) is 10.0 Å². The van der Waals surface area contributed by atoms with Crippen LogP contribution in [0.25, 0.3) is 0 Å². The number of halogens is 1. The van der Waals surface area contributed by atoms with Crippen molar-refractivity contribution in [1.29, 1.82) is 0 Å². The number of nitrogens with one attached hydrogen (secondary N) is 1. The fraction of sp³-hybridized carbons (Fsp3) is 0.400. The Labute approximate surface area is 106 Å². The normalized spacial score (nSPS) is 11.5. The van der Waals surface area contributed by atoms with Crippen molar-refractivity contribution in [2.24, 2.45) is 5.73 Å². The lowest BCUT2D eigenvalue weighted by Gasteiger charge is -2.10. The number of benzene rings is 1. The topological polar surface area (TPSA) is 81.4 Å². The van der Waals surface area contributed by atoms with Crippen molar-refractivity contribution in [3.63, 3.8) is 0 Å². The second-order valence-corrected chi connectivity index (χ2v) is 5.51. The first-order chi connectivity index (χ1) is 8.01. The van der Waals surface area contributed by atoms with Gasteiger partial charge in [-0.1, -0.05) is 11.6 Å². The van der Waals surface area contributed by atoms with Crippen LogP contribution in [0, 0.1) is 0 Å². The van der Waals surface area contributed by atoms with Crippen molar-refractivity contribution in [2.45, 2.75) is 11.3 Å². The smallest absolute Gasteiger partial charge is 0.244 e. The molecule has 1 aromatic carbocycles. The molecule has 17 heavy (non-hydrogen) atoms. The summed E-state index contributed by atoms with van der Waals surface area (Å²) in [4.78, 5) is 0.0320. The van der Waals surface area contributed by atoms with Gasteiger partial charge in [0, 0.05) is 11.6 Å². The Morgan fingerprint density at radius 3 is 2.76 bits per heavy atom. The van der Waals surface area contributed by atoms with E-state index in [-0.39, 0.29) is 17.2 Å². The van der Waals surface area contributed by atoms with Crippen LogP contribution in [0.15, 0.2) is 23.1 Å². The molecule has 0 atom stereocenters. The standard InChI is InChI=1S/C10H15ClN2O3S/c1-16-9-4-3-8(11)7-10(9)17(14,15)13-6-2-5-12/h3-4,7,13H,2,5-6,12H2,1H3. The molecule has 0 saturated carbocycles. The molecule has 0 heterocycles.